The van der Waals surface area contributed by atoms with Crippen LogP contribution in [0.25, 0.3) is 22.0 Å². The monoisotopic (exact) mass is 516 g/mol. The van der Waals surface area contributed by atoms with E-state index in [9.17, 15) is 9.59 Å². The molecule has 0 aliphatic carbocycles. The molecule has 1 unspecified atom stereocenters. The predicted molar refractivity (Wildman–Crippen MR) is 144 cm³/mol. The number of nitrogens with zero attached hydrogens (tertiary/aromatic N) is 4. The Balaban J connectivity index is 1.40. The van der Waals surface area contributed by atoms with Crippen molar-refractivity contribution in [1.29, 1.82) is 0 Å². The van der Waals surface area contributed by atoms with Gasteiger partial charge in [0.05, 0.1) is 16.6 Å². The van der Waals surface area contributed by atoms with Crippen molar-refractivity contribution in [3.8, 4) is 22.8 Å². The molecule has 0 amide bonds. The lowest BCUT2D eigenvalue weighted by Crippen LogP contribution is -2.33. The molecule has 0 saturated carbocycles. The molecule has 5 rings (SSSR count). The molecule has 0 spiro atoms. The molecule has 1 aliphatic rings. The van der Waals surface area contributed by atoms with Crippen LogP contribution in [0.2, 0.25) is 0 Å². The average molecular weight is 517 g/mol. The fourth-order valence-corrected chi connectivity index (χ4v) is 4.74. The smallest absolute Gasteiger partial charge is 0.418 e. The van der Waals surface area contributed by atoms with Gasteiger partial charge in [-0.15, -0.1) is 0 Å². The first-order valence-corrected chi connectivity index (χ1v) is 12.8. The number of carbonyl (C=O) groups excluding carboxylic acids is 1. The van der Waals surface area contributed by atoms with Crippen LogP contribution < -0.4 is 10.3 Å². The molecule has 9 nitrogen and oxygen atoms in total. The fourth-order valence-electron chi connectivity index (χ4n) is 4.74. The second-order valence-corrected chi connectivity index (χ2v) is 10.5. The summed E-state index contributed by atoms with van der Waals surface area (Å²) in [6.07, 6.45) is 5.29. The van der Waals surface area contributed by atoms with Crippen molar-refractivity contribution in [2.24, 2.45) is 0 Å². The normalized spacial score (nSPS) is 16.0. The van der Waals surface area contributed by atoms with E-state index in [1.165, 1.54) is 9.25 Å². The molecule has 1 atom stereocenters. The van der Waals surface area contributed by atoms with E-state index in [4.69, 9.17) is 14.2 Å². The van der Waals surface area contributed by atoms with E-state index in [-0.39, 0.29) is 11.8 Å². The number of fused-ring (bicyclic) bond motifs is 1. The van der Waals surface area contributed by atoms with Gasteiger partial charge < -0.3 is 14.2 Å². The SMILES string of the molecule is Cc1nn(C2CCCCO2)c(=O)c(C)c1-c1ccc(Oc2nccc3c2ccn3C(=O)OC(C)(C)C)cc1. The molecule has 0 N–H and O–H groups in total. The second kappa shape index (κ2) is 10.1. The highest BCUT2D eigenvalue weighted by Gasteiger charge is 2.23. The summed E-state index contributed by atoms with van der Waals surface area (Å²) in [6, 6.07) is 11.0. The van der Waals surface area contributed by atoms with Crippen molar-refractivity contribution >= 4 is 17.0 Å². The molecule has 1 fully saturated rings. The maximum atomic E-state index is 13.1. The van der Waals surface area contributed by atoms with Gasteiger partial charge in [0.1, 0.15) is 11.4 Å². The highest BCUT2D eigenvalue weighted by Crippen LogP contribution is 2.32. The summed E-state index contributed by atoms with van der Waals surface area (Å²) in [6.45, 7) is 9.86. The molecule has 1 saturated heterocycles. The summed E-state index contributed by atoms with van der Waals surface area (Å²) in [7, 11) is 0. The van der Waals surface area contributed by atoms with Crippen LogP contribution in [-0.4, -0.2) is 37.6 Å². The third-order valence-electron chi connectivity index (χ3n) is 6.48. The predicted octanol–water partition coefficient (Wildman–Crippen LogP) is 6.15. The van der Waals surface area contributed by atoms with Crippen LogP contribution in [0.4, 0.5) is 4.79 Å². The standard InChI is InChI=1S/C29H32N4O5/c1-18-25(19(2)31-33(27(18)34)24-8-6-7-17-36-24)20-9-11-21(12-10-20)37-26-22-14-16-32(23(22)13-15-30-26)28(35)38-29(3,4)5/h9-16,24H,6-8,17H2,1-5H3. The molecule has 0 radical (unpaired) electrons. The Labute approximate surface area is 221 Å². The maximum absolute atomic E-state index is 13.1. The van der Waals surface area contributed by atoms with Gasteiger partial charge in [0.2, 0.25) is 5.88 Å². The van der Waals surface area contributed by atoms with Crippen molar-refractivity contribution in [2.45, 2.75) is 65.7 Å². The minimum absolute atomic E-state index is 0.136. The fraction of sp³-hybridized carbons (Fsp3) is 0.379. The van der Waals surface area contributed by atoms with Crippen molar-refractivity contribution in [2.75, 3.05) is 6.61 Å². The number of aryl methyl sites for hydroxylation is 1. The summed E-state index contributed by atoms with van der Waals surface area (Å²) in [5.74, 6) is 0.952. The second-order valence-electron chi connectivity index (χ2n) is 10.5. The number of carbonyl (C=O) groups is 1. The van der Waals surface area contributed by atoms with Crippen LogP contribution in [0, 0.1) is 13.8 Å². The van der Waals surface area contributed by atoms with Gasteiger partial charge in [-0.25, -0.2) is 14.5 Å². The Morgan fingerprint density at radius 2 is 1.84 bits per heavy atom. The lowest BCUT2D eigenvalue weighted by Gasteiger charge is -2.24. The highest BCUT2D eigenvalue weighted by atomic mass is 16.6. The van der Waals surface area contributed by atoms with E-state index in [0.29, 0.717) is 34.7 Å². The van der Waals surface area contributed by atoms with E-state index in [1.54, 1.807) is 24.5 Å². The zero-order chi connectivity index (χ0) is 27.0. The summed E-state index contributed by atoms with van der Waals surface area (Å²) < 4.78 is 20.3. The van der Waals surface area contributed by atoms with Crippen molar-refractivity contribution in [3.63, 3.8) is 0 Å². The van der Waals surface area contributed by atoms with Crippen LogP contribution in [0.1, 0.15) is 57.5 Å². The molecule has 1 aromatic carbocycles. The summed E-state index contributed by atoms with van der Waals surface area (Å²) >= 11 is 0. The van der Waals surface area contributed by atoms with Gasteiger partial charge in [-0.2, -0.15) is 5.10 Å². The molecule has 4 heterocycles. The van der Waals surface area contributed by atoms with Crippen molar-refractivity contribution in [1.82, 2.24) is 19.3 Å². The topological polar surface area (TPSA) is 97.5 Å². The number of aromatic nitrogens is 4. The summed E-state index contributed by atoms with van der Waals surface area (Å²) in [4.78, 5) is 30.1. The van der Waals surface area contributed by atoms with Gasteiger partial charge >= 0.3 is 6.09 Å². The van der Waals surface area contributed by atoms with Crippen LogP contribution in [0.3, 0.4) is 0 Å². The molecule has 1 aliphatic heterocycles. The molecule has 0 bridgehead atoms. The number of ether oxygens (including phenoxy) is 3. The first-order chi connectivity index (χ1) is 18.1. The van der Waals surface area contributed by atoms with E-state index >= 15 is 0 Å². The van der Waals surface area contributed by atoms with E-state index in [1.807, 2.05) is 58.9 Å². The van der Waals surface area contributed by atoms with Gasteiger partial charge in [0, 0.05) is 30.1 Å². The third-order valence-corrected chi connectivity index (χ3v) is 6.48. The largest absolute Gasteiger partial charge is 0.443 e. The number of pyridine rings is 1. The molecular formula is C29H32N4O5. The quantitative estimate of drug-likeness (QED) is 0.321. The van der Waals surface area contributed by atoms with Crippen LogP contribution >= 0.6 is 0 Å². The number of rotatable bonds is 4. The molecule has 38 heavy (non-hydrogen) atoms. The van der Waals surface area contributed by atoms with E-state index in [0.717, 1.165) is 36.1 Å². The Kier molecular flexibility index (Phi) is 6.79. The van der Waals surface area contributed by atoms with Crippen LogP contribution in [0.5, 0.6) is 11.6 Å². The van der Waals surface area contributed by atoms with Gasteiger partial charge in [-0.05, 0) is 83.7 Å². The zero-order valence-corrected chi connectivity index (χ0v) is 22.4. The lowest BCUT2D eigenvalue weighted by molar-refractivity contribution is -0.0428. The summed E-state index contributed by atoms with van der Waals surface area (Å²) in [5.41, 5.74) is 2.97. The molecule has 3 aromatic heterocycles. The number of hydrogen-bond acceptors (Lipinski definition) is 7. The minimum atomic E-state index is -0.608. The third kappa shape index (κ3) is 5.06. The minimum Gasteiger partial charge on any atom is -0.443 e. The molecule has 4 aromatic rings. The Bertz CT molecular complexity index is 1540. The molecule has 9 heteroatoms. The van der Waals surface area contributed by atoms with Gasteiger partial charge in [0.15, 0.2) is 6.23 Å². The van der Waals surface area contributed by atoms with Gasteiger partial charge in [-0.1, -0.05) is 12.1 Å². The van der Waals surface area contributed by atoms with Crippen LogP contribution in [-0.2, 0) is 9.47 Å². The van der Waals surface area contributed by atoms with E-state index < -0.39 is 11.7 Å². The molecule has 198 valence electrons. The highest BCUT2D eigenvalue weighted by molar-refractivity contribution is 5.92. The first kappa shape index (κ1) is 25.7. The van der Waals surface area contributed by atoms with Crippen molar-refractivity contribution in [3.05, 3.63) is 70.4 Å². The summed E-state index contributed by atoms with van der Waals surface area (Å²) in [5, 5.41) is 5.28. The Morgan fingerprint density at radius 3 is 2.53 bits per heavy atom. The zero-order valence-electron chi connectivity index (χ0n) is 22.4. The lowest BCUT2D eigenvalue weighted by atomic mass is 10.0. The van der Waals surface area contributed by atoms with Gasteiger partial charge in [-0.3, -0.25) is 9.36 Å². The first-order valence-electron chi connectivity index (χ1n) is 12.8. The maximum Gasteiger partial charge on any atom is 0.418 e. The van der Waals surface area contributed by atoms with Crippen molar-refractivity contribution < 1.29 is 19.0 Å². The molecular weight excluding hydrogens is 484 g/mol. The van der Waals surface area contributed by atoms with E-state index in [2.05, 4.69) is 10.1 Å². The Morgan fingerprint density at radius 1 is 1.08 bits per heavy atom. The Hall–Kier alpha value is -3.98. The van der Waals surface area contributed by atoms with Gasteiger partial charge in [0.25, 0.3) is 5.56 Å². The van der Waals surface area contributed by atoms with Crippen LogP contribution in [0.15, 0.2) is 53.6 Å². The number of hydrogen-bond donors (Lipinski definition) is 0. The number of benzene rings is 1. The average Bonchev–Trinajstić information content (AvgIpc) is 3.32.